The zero-order valence-corrected chi connectivity index (χ0v) is 11.9. The molecule has 0 atom stereocenters. The van der Waals surface area contributed by atoms with Crippen molar-refractivity contribution < 1.29 is 13.2 Å². The van der Waals surface area contributed by atoms with Crippen LogP contribution in [0.25, 0.3) is 0 Å². The van der Waals surface area contributed by atoms with Crippen LogP contribution in [0.4, 0.5) is 30.6 Å². The lowest BCUT2D eigenvalue weighted by Crippen LogP contribution is -2.08. The van der Waals surface area contributed by atoms with Gasteiger partial charge < -0.3 is 10.6 Å². The topological polar surface area (TPSA) is 62.7 Å². The summed E-state index contributed by atoms with van der Waals surface area (Å²) in [5.41, 5.74) is -0.688. The Hall–Kier alpha value is -2.09. The zero-order chi connectivity index (χ0) is 15.7. The molecule has 116 valence electrons. The molecule has 1 aliphatic rings. The number of alkyl halides is 3. The highest BCUT2D eigenvalue weighted by molar-refractivity contribution is 6.33. The minimum atomic E-state index is -4.44. The predicted molar refractivity (Wildman–Crippen MR) is 76.2 cm³/mol. The first-order valence-corrected chi connectivity index (χ1v) is 6.89. The van der Waals surface area contributed by atoms with Gasteiger partial charge in [-0.1, -0.05) is 11.6 Å². The van der Waals surface area contributed by atoms with E-state index in [0.29, 0.717) is 12.0 Å². The Morgan fingerprint density at radius 2 is 2.00 bits per heavy atom. The highest BCUT2D eigenvalue weighted by atomic mass is 35.5. The average molecular weight is 330 g/mol. The summed E-state index contributed by atoms with van der Waals surface area (Å²) in [4.78, 5) is 4.15. The molecule has 0 amide bonds. The number of aromatic nitrogens is 3. The summed E-state index contributed by atoms with van der Waals surface area (Å²) < 4.78 is 38.2. The number of benzene rings is 1. The van der Waals surface area contributed by atoms with Crippen LogP contribution in [0, 0.1) is 0 Å². The molecular formula is C13H11ClF3N5. The second kappa shape index (κ2) is 5.60. The Morgan fingerprint density at radius 1 is 1.23 bits per heavy atom. The molecule has 1 aliphatic carbocycles. The van der Waals surface area contributed by atoms with Crippen molar-refractivity contribution in [2.24, 2.45) is 0 Å². The zero-order valence-electron chi connectivity index (χ0n) is 11.2. The second-order valence-electron chi connectivity index (χ2n) is 4.90. The van der Waals surface area contributed by atoms with E-state index >= 15 is 0 Å². The largest absolute Gasteiger partial charge is 0.416 e. The molecule has 9 heteroatoms. The van der Waals surface area contributed by atoms with Crippen molar-refractivity contribution in [2.45, 2.75) is 25.1 Å². The number of halogens is 4. The molecule has 1 aromatic carbocycles. The number of anilines is 3. The molecule has 1 fully saturated rings. The van der Waals surface area contributed by atoms with Crippen molar-refractivity contribution >= 4 is 29.1 Å². The van der Waals surface area contributed by atoms with Gasteiger partial charge in [-0.15, -0.1) is 5.10 Å². The molecule has 0 saturated heterocycles. The number of rotatable bonds is 4. The van der Waals surface area contributed by atoms with Gasteiger partial charge in [-0.25, -0.2) is 0 Å². The van der Waals surface area contributed by atoms with Gasteiger partial charge >= 0.3 is 6.18 Å². The van der Waals surface area contributed by atoms with Gasteiger partial charge in [-0.2, -0.15) is 23.3 Å². The number of nitrogens with zero attached hydrogens (tertiary/aromatic N) is 3. The highest BCUT2D eigenvalue weighted by Crippen LogP contribution is 2.34. The Kier molecular flexibility index (Phi) is 3.78. The maximum Gasteiger partial charge on any atom is 0.416 e. The predicted octanol–water partition coefficient (Wildman–Crippen LogP) is 3.86. The molecule has 3 rings (SSSR count). The number of hydrogen-bond donors (Lipinski definition) is 2. The lowest BCUT2D eigenvalue weighted by molar-refractivity contribution is -0.137. The van der Waals surface area contributed by atoms with Gasteiger partial charge in [0.2, 0.25) is 5.95 Å². The fourth-order valence-electron chi connectivity index (χ4n) is 1.77. The summed E-state index contributed by atoms with van der Waals surface area (Å²) in [6, 6.07) is 3.38. The first-order chi connectivity index (χ1) is 10.4. The van der Waals surface area contributed by atoms with E-state index in [-0.39, 0.29) is 16.5 Å². The lowest BCUT2D eigenvalue weighted by Gasteiger charge is -2.12. The summed E-state index contributed by atoms with van der Waals surface area (Å²) in [7, 11) is 0. The average Bonchev–Trinajstić information content (AvgIpc) is 3.24. The maximum absolute atomic E-state index is 12.7. The van der Waals surface area contributed by atoms with Crippen molar-refractivity contribution in [1.82, 2.24) is 15.2 Å². The third kappa shape index (κ3) is 3.56. The van der Waals surface area contributed by atoms with E-state index in [1.54, 1.807) is 0 Å². The molecule has 2 aromatic rings. The van der Waals surface area contributed by atoms with Gasteiger partial charge in [-0.05, 0) is 31.0 Å². The first-order valence-electron chi connectivity index (χ1n) is 6.52. The molecule has 1 saturated carbocycles. The molecular weight excluding hydrogens is 319 g/mol. The van der Waals surface area contributed by atoms with Crippen LogP contribution in [-0.4, -0.2) is 21.2 Å². The van der Waals surface area contributed by atoms with E-state index < -0.39 is 11.7 Å². The van der Waals surface area contributed by atoms with Crippen LogP contribution < -0.4 is 10.6 Å². The molecule has 5 nitrogen and oxygen atoms in total. The minimum absolute atomic E-state index is 0.106. The van der Waals surface area contributed by atoms with Gasteiger partial charge in [-0.3, -0.25) is 0 Å². The van der Waals surface area contributed by atoms with Crippen molar-refractivity contribution in [2.75, 3.05) is 10.6 Å². The fourth-order valence-corrected chi connectivity index (χ4v) is 1.94. The van der Waals surface area contributed by atoms with Crippen LogP contribution in [0.2, 0.25) is 5.02 Å². The molecule has 2 N–H and O–H groups in total. The van der Waals surface area contributed by atoms with E-state index in [1.807, 2.05) is 0 Å². The van der Waals surface area contributed by atoms with Crippen LogP contribution in [0.5, 0.6) is 0 Å². The summed E-state index contributed by atoms with van der Waals surface area (Å²) in [6.45, 7) is 0. The Balaban J connectivity index is 1.82. The van der Waals surface area contributed by atoms with Crippen molar-refractivity contribution in [3.63, 3.8) is 0 Å². The van der Waals surface area contributed by atoms with Gasteiger partial charge in [0.05, 0.1) is 22.5 Å². The van der Waals surface area contributed by atoms with E-state index in [0.717, 1.165) is 25.0 Å². The van der Waals surface area contributed by atoms with Gasteiger partial charge in [0.15, 0.2) is 5.82 Å². The third-order valence-corrected chi connectivity index (χ3v) is 3.36. The van der Waals surface area contributed by atoms with Crippen molar-refractivity contribution in [1.29, 1.82) is 0 Å². The van der Waals surface area contributed by atoms with E-state index in [2.05, 4.69) is 25.8 Å². The lowest BCUT2D eigenvalue weighted by atomic mass is 10.2. The monoisotopic (exact) mass is 329 g/mol. The molecule has 0 radical (unpaired) electrons. The van der Waals surface area contributed by atoms with E-state index in [4.69, 9.17) is 11.6 Å². The summed E-state index contributed by atoms with van der Waals surface area (Å²) >= 11 is 5.92. The van der Waals surface area contributed by atoms with Crippen LogP contribution >= 0.6 is 11.6 Å². The van der Waals surface area contributed by atoms with Gasteiger partial charge in [0, 0.05) is 6.04 Å². The molecule has 0 bridgehead atoms. The molecule has 0 aliphatic heterocycles. The summed E-state index contributed by atoms with van der Waals surface area (Å²) in [6.07, 6.45) is -1.04. The van der Waals surface area contributed by atoms with Crippen LogP contribution in [0.3, 0.4) is 0 Å². The third-order valence-electron chi connectivity index (χ3n) is 3.03. The van der Waals surface area contributed by atoms with Crippen LogP contribution in [0.1, 0.15) is 18.4 Å². The van der Waals surface area contributed by atoms with E-state index in [1.165, 1.54) is 12.3 Å². The van der Waals surface area contributed by atoms with Gasteiger partial charge in [0.1, 0.15) is 0 Å². The molecule has 22 heavy (non-hydrogen) atoms. The first kappa shape index (κ1) is 14.8. The minimum Gasteiger partial charge on any atom is -0.350 e. The molecule has 0 unspecified atom stereocenters. The Morgan fingerprint density at radius 3 is 2.68 bits per heavy atom. The molecule has 1 aromatic heterocycles. The number of nitrogens with one attached hydrogen (secondary N) is 2. The summed E-state index contributed by atoms with van der Waals surface area (Å²) in [5, 5.41) is 13.5. The maximum atomic E-state index is 12.7. The second-order valence-corrected chi connectivity index (χ2v) is 5.31. The van der Waals surface area contributed by atoms with Crippen molar-refractivity contribution in [3.8, 4) is 0 Å². The SMILES string of the molecule is FC(F)(F)c1ccc(Cl)c(Nc2cnnc(NC3CC3)n2)c1. The standard InChI is InChI=1S/C13H11ClF3N5/c14-9-4-1-7(13(15,16)17)5-10(9)20-11-6-18-22-12(21-11)19-8-2-3-8/h1,4-6,8H,2-3H2,(H2,19,20,21,22). The van der Waals surface area contributed by atoms with Crippen LogP contribution in [-0.2, 0) is 6.18 Å². The smallest absolute Gasteiger partial charge is 0.350 e. The molecule has 1 heterocycles. The van der Waals surface area contributed by atoms with Gasteiger partial charge in [0.25, 0.3) is 0 Å². The number of hydrogen-bond acceptors (Lipinski definition) is 5. The quantitative estimate of drug-likeness (QED) is 0.891. The summed E-state index contributed by atoms with van der Waals surface area (Å²) in [5.74, 6) is 0.593. The highest BCUT2D eigenvalue weighted by Gasteiger charge is 2.31. The molecule has 0 spiro atoms. The Labute approximate surface area is 128 Å². The fraction of sp³-hybridized carbons (Fsp3) is 0.308. The van der Waals surface area contributed by atoms with Crippen molar-refractivity contribution in [3.05, 3.63) is 35.0 Å². The Bertz CT molecular complexity index is 688. The van der Waals surface area contributed by atoms with E-state index in [9.17, 15) is 13.2 Å². The normalized spacial score (nSPS) is 14.7. The van der Waals surface area contributed by atoms with Crippen LogP contribution in [0.15, 0.2) is 24.4 Å².